The van der Waals surface area contributed by atoms with Crippen molar-refractivity contribution in [2.75, 3.05) is 25.0 Å². The molecule has 1 aromatic carbocycles. The van der Waals surface area contributed by atoms with E-state index in [1.165, 1.54) is 4.88 Å². The van der Waals surface area contributed by atoms with Crippen molar-refractivity contribution < 1.29 is 9.53 Å². The predicted molar refractivity (Wildman–Crippen MR) is 102 cm³/mol. The molecule has 134 valence electrons. The van der Waals surface area contributed by atoms with E-state index in [2.05, 4.69) is 15.6 Å². The van der Waals surface area contributed by atoms with Crippen molar-refractivity contribution in [3.63, 3.8) is 0 Å². The summed E-state index contributed by atoms with van der Waals surface area (Å²) >= 11 is 1.61. The average molecular weight is 359 g/mol. The number of hydrogen-bond donors (Lipinski definition) is 2. The first-order valence-electron chi connectivity index (χ1n) is 8.93. The van der Waals surface area contributed by atoms with Gasteiger partial charge in [-0.05, 0) is 56.8 Å². The van der Waals surface area contributed by atoms with Crippen LogP contribution in [-0.2, 0) is 11.2 Å². The lowest BCUT2D eigenvalue weighted by atomic mass is 9.97. The van der Waals surface area contributed by atoms with Crippen molar-refractivity contribution in [2.24, 2.45) is 0 Å². The normalized spacial score (nSPS) is 15.1. The first kappa shape index (κ1) is 17.9. The Hall–Kier alpha value is -1.92. The quantitative estimate of drug-likeness (QED) is 0.793. The number of thiazole rings is 1. The fraction of sp³-hybridized carbons (Fsp3) is 0.474. The molecule has 1 saturated heterocycles. The molecule has 6 heteroatoms. The third-order valence-corrected chi connectivity index (χ3v) is 5.48. The molecule has 2 aromatic rings. The summed E-state index contributed by atoms with van der Waals surface area (Å²) in [6.45, 7) is 4.71. The van der Waals surface area contributed by atoms with Gasteiger partial charge < -0.3 is 15.4 Å². The van der Waals surface area contributed by atoms with Crippen LogP contribution < -0.4 is 15.4 Å². The highest BCUT2D eigenvalue weighted by molar-refractivity contribution is 7.15. The average Bonchev–Trinajstić information content (AvgIpc) is 3.10. The second-order valence-corrected chi connectivity index (χ2v) is 7.24. The molecule has 1 aliphatic heterocycles. The smallest absolute Gasteiger partial charge is 0.226 e. The van der Waals surface area contributed by atoms with E-state index in [0.29, 0.717) is 30.5 Å². The Labute approximate surface area is 152 Å². The van der Waals surface area contributed by atoms with Gasteiger partial charge in [-0.1, -0.05) is 18.2 Å². The Bertz CT molecular complexity index is 695. The molecule has 5 nitrogen and oxygen atoms in total. The number of anilines is 1. The zero-order chi connectivity index (χ0) is 17.5. The van der Waals surface area contributed by atoms with Crippen LogP contribution in [0.1, 0.15) is 42.5 Å². The van der Waals surface area contributed by atoms with Gasteiger partial charge in [0.05, 0.1) is 6.61 Å². The molecule has 0 atom stereocenters. The van der Waals surface area contributed by atoms with Gasteiger partial charge in [-0.2, -0.15) is 0 Å². The van der Waals surface area contributed by atoms with Gasteiger partial charge in [0.1, 0.15) is 5.75 Å². The summed E-state index contributed by atoms with van der Waals surface area (Å²) < 4.78 is 5.61. The Balaban J connectivity index is 1.52. The molecule has 1 aromatic heterocycles. The van der Waals surface area contributed by atoms with Crippen LogP contribution in [0, 0.1) is 0 Å². The number of carbonyl (C=O) groups is 1. The lowest BCUT2D eigenvalue weighted by molar-refractivity contribution is -0.116. The molecule has 0 aliphatic carbocycles. The van der Waals surface area contributed by atoms with Crippen molar-refractivity contribution in [3.8, 4) is 5.75 Å². The first-order valence-corrected chi connectivity index (χ1v) is 9.75. The van der Waals surface area contributed by atoms with E-state index < -0.39 is 0 Å². The van der Waals surface area contributed by atoms with E-state index in [-0.39, 0.29) is 5.91 Å². The summed E-state index contributed by atoms with van der Waals surface area (Å²) in [5.74, 6) is 1.43. The van der Waals surface area contributed by atoms with Crippen LogP contribution >= 0.6 is 11.3 Å². The number of hydrogen-bond acceptors (Lipinski definition) is 5. The Kier molecular flexibility index (Phi) is 6.42. The summed E-state index contributed by atoms with van der Waals surface area (Å²) in [7, 11) is 0. The number of para-hydroxylation sites is 1. The molecule has 3 rings (SSSR count). The SMILES string of the molecule is CCOc1ccccc1CCC(=O)Nc1ncc(C2CCNCC2)s1. The van der Waals surface area contributed by atoms with Gasteiger partial charge in [-0.3, -0.25) is 4.79 Å². The standard InChI is InChI=1S/C19H25N3O2S/c1-2-24-16-6-4-3-5-14(16)7-8-18(23)22-19-21-13-17(25-19)15-9-11-20-12-10-15/h3-6,13,15,20H,2,7-12H2,1H3,(H,21,22,23). The number of aryl methyl sites for hydroxylation is 1. The van der Waals surface area contributed by atoms with Crippen LogP contribution in [0.2, 0.25) is 0 Å². The van der Waals surface area contributed by atoms with E-state index in [4.69, 9.17) is 4.74 Å². The van der Waals surface area contributed by atoms with Crippen LogP contribution in [0.25, 0.3) is 0 Å². The van der Waals surface area contributed by atoms with E-state index in [0.717, 1.165) is 37.2 Å². The Morgan fingerprint density at radius 3 is 2.96 bits per heavy atom. The lowest BCUT2D eigenvalue weighted by Crippen LogP contribution is -2.26. The molecule has 0 unspecified atom stereocenters. The van der Waals surface area contributed by atoms with Crippen molar-refractivity contribution >= 4 is 22.4 Å². The zero-order valence-electron chi connectivity index (χ0n) is 14.6. The third-order valence-electron chi connectivity index (χ3n) is 4.41. The summed E-state index contributed by atoms with van der Waals surface area (Å²) in [4.78, 5) is 17.9. The molecule has 25 heavy (non-hydrogen) atoms. The molecular weight excluding hydrogens is 334 g/mol. The van der Waals surface area contributed by atoms with Crippen molar-refractivity contribution in [3.05, 3.63) is 40.9 Å². The monoisotopic (exact) mass is 359 g/mol. The number of nitrogens with zero attached hydrogens (tertiary/aromatic N) is 1. The van der Waals surface area contributed by atoms with Gasteiger partial charge in [0.15, 0.2) is 5.13 Å². The summed E-state index contributed by atoms with van der Waals surface area (Å²) in [6.07, 6.45) is 5.29. The number of nitrogens with one attached hydrogen (secondary N) is 2. The molecule has 0 radical (unpaired) electrons. The Morgan fingerprint density at radius 1 is 1.36 bits per heavy atom. The molecular formula is C19H25N3O2S. The fourth-order valence-corrected chi connectivity index (χ4v) is 4.08. The summed E-state index contributed by atoms with van der Waals surface area (Å²) in [5.41, 5.74) is 1.06. The third kappa shape index (κ3) is 5.03. The molecule has 0 saturated carbocycles. The number of aromatic nitrogens is 1. The molecule has 0 bridgehead atoms. The van der Waals surface area contributed by atoms with Crippen LogP contribution in [0.5, 0.6) is 5.75 Å². The number of benzene rings is 1. The number of carbonyl (C=O) groups excluding carboxylic acids is 1. The Morgan fingerprint density at radius 2 is 2.16 bits per heavy atom. The van der Waals surface area contributed by atoms with Crippen LogP contribution in [0.4, 0.5) is 5.13 Å². The van der Waals surface area contributed by atoms with Gasteiger partial charge in [-0.25, -0.2) is 4.98 Å². The number of rotatable bonds is 7. The highest BCUT2D eigenvalue weighted by Crippen LogP contribution is 2.31. The second kappa shape index (κ2) is 8.97. The minimum atomic E-state index is -0.00230. The van der Waals surface area contributed by atoms with Gasteiger partial charge in [0.2, 0.25) is 5.91 Å². The highest BCUT2D eigenvalue weighted by Gasteiger charge is 2.18. The maximum Gasteiger partial charge on any atom is 0.226 e. The minimum absolute atomic E-state index is 0.00230. The van der Waals surface area contributed by atoms with Gasteiger partial charge in [0, 0.05) is 17.5 Å². The largest absolute Gasteiger partial charge is 0.494 e. The predicted octanol–water partition coefficient (Wildman–Crippen LogP) is 3.58. The van der Waals surface area contributed by atoms with Crippen LogP contribution in [-0.4, -0.2) is 30.6 Å². The zero-order valence-corrected chi connectivity index (χ0v) is 15.4. The van der Waals surface area contributed by atoms with E-state index in [1.54, 1.807) is 11.3 Å². The lowest BCUT2D eigenvalue weighted by Gasteiger charge is -2.20. The maximum atomic E-state index is 12.2. The number of ether oxygens (including phenoxy) is 1. The van der Waals surface area contributed by atoms with Crippen molar-refractivity contribution in [1.29, 1.82) is 0 Å². The van der Waals surface area contributed by atoms with E-state index >= 15 is 0 Å². The van der Waals surface area contributed by atoms with Gasteiger partial charge in [-0.15, -0.1) is 11.3 Å². The van der Waals surface area contributed by atoms with Crippen LogP contribution in [0.3, 0.4) is 0 Å². The molecule has 2 N–H and O–H groups in total. The topological polar surface area (TPSA) is 63.2 Å². The highest BCUT2D eigenvalue weighted by atomic mass is 32.1. The summed E-state index contributed by atoms with van der Waals surface area (Å²) in [6, 6.07) is 7.88. The first-order chi connectivity index (χ1) is 12.3. The van der Waals surface area contributed by atoms with Crippen LogP contribution in [0.15, 0.2) is 30.5 Å². The minimum Gasteiger partial charge on any atom is -0.494 e. The fourth-order valence-electron chi connectivity index (χ4n) is 3.08. The van der Waals surface area contributed by atoms with Crippen molar-refractivity contribution in [1.82, 2.24) is 10.3 Å². The summed E-state index contributed by atoms with van der Waals surface area (Å²) in [5, 5.41) is 7.01. The van der Waals surface area contributed by atoms with Gasteiger partial charge >= 0.3 is 0 Å². The van der Waals surface area contributed by atoms with Crippen molar-refractivity contribution in [2.45, 2.75) is 38.5 Å². The van der Waals surface area contributed by atoms with E-state index in [9.17, 15) is 4.79 Å². The van der Waals surface area contributed by atoms with Gasteiger partial charge in [0.25, 0.3) is 0 Å². The molecule has 1 fully saturated rings. The van der Waals surface area contributed by atoms with E-state index in [1.807, 2.05) is 37.4 Å². The molecule has 1 amide bonds. The number of piperidine rings is 1. The maximum absolute atomic E-state index is 12.2. The number of amides is 1. The second-order valence-electron chi connectivity index (χ2n) is 6.18. The molecule has 1 aliphatic rings. The molecule has 2 heterocycles. The molecule has 0 spiro atoms.